The molecule has 63 heavy (non-hydrogen) atoms. The Morgan fingerprint density at radius 2 is 0.825 bits per heavy atom. The van der Waals surface area contributed by atoms with Crippen molar-refractivity contribution in [2.75, 3.05) is 0 Å². The lowest BCUT2D eigenvalue weighted by atomic mass is 9.81. The molecule has 2 unspecified atom stereocenters. The fraction of sp³-hybridized carbons (Fsp3) is 0.375. The van der Waals surface area contributed by atoms with Crippen molar-refractivity contribution in [3.63, 3.8) is 0 Å². The lowest BCUT2D eigenvalue weighted by Gasteiger charge is -2.29. The van der Waals surface area contributed by atoms with Crippen molar-refractivity contribution < 1.29 is 58.7 Å². The topological polar surface area (TPSA) is 254 Å². The van der Waals surface area contributed by atoms with E-state index < -0.39 is 93.2 Å². The summed E-state index contributed by atoms with van der Waals surface area (Å²) in [6, 6.07) is 14.3. The number of phenolic OH excluding ortho intramolecular Hbond substituents is 4. The summed E-state index contributed by atoms with van der Waals surface area (Å²) in [6.45, 7) is 0. The number of rotatable bonds is 11. The molecule has 2 fully saturated rings. The van der Waals surface area contributed by atoms with E-state index >= 15 is 0 Å². The second-order valence-electron chi connectivity index (χ2n) is 16.9. The van der Waals surface area contributed by atoms with Crippen LogP contribution in [0.5, 0.6) is 23.0 Å². The summed E-state index contributed by atoms with van der Waals surface area (Å²) in [5, 5.41) is 46.0. The highest BCUT2D eigenvalue weighted by atomic mass is 35.5. The van der Waals surface area contributed by atoms with E-state index in [-0.39, 0.29) is 94.7 Å². The van der Waals surface area contributed by atoms with Crippen LogP contribution in [0.4, 0.5) is 0 Å². The predicted molar refractivity (Wildman–Crippen MR) is 229 cm³/mol. The zero-order valence-corrected chi connectivity index (χ0v) is 35.2. The summed E-state index contributed by atoms with van der Waals surface area (Å²) in [4.78, 5) is 81.9. The highest BCUT2D eigenvalue weighted by Crippen LogP contribution is 2.47. The number of benzene rings is 4. The minimum atomic E-state index is -1.22. The van der Waals surface area contributed by atoms with Gasteiger partial charge < -0.3 is 41.4 Å². The maximum atomic E-state index is 13.8. The van der Waals surface area contributed by atoms with Crippen molar-refractivity contribution in [3.05, 3.63) is 116 Å². The van der Waals surface area contributed by atoms with Crippen LogP contribution < -0.4 is 11.5 Å². The van der Waals surface area contributed by atoms with Gasteiger partial charge in [0, 0.05) is 45.5 Å². The molecule has 330 valence electrons. The first kappa shape index (κ1) is 44.9. The third-order valence-electron chi connectivity index (χ3n) is 13.0. The number of nitrogens with two attached hydrogens (primary N) is 2. The molecule has 0 spiro atoms. The Kier molecular flexibility index (Phi) is 13.1. The van der Waals surface area contributed by atoms with E-state index in [9.17, 15) is 49.2 Å². The summed E-state index contributed by atoms with van der Waals surface area (Å²) in [7, 11) is 0. The zero-order chi connectivity index (χ0) is 44.0. The van der Waals surface area contributed by atoms with E-state index in [1.807, 2.05) is 0 Å². The third-order valence-corrected chi connectivity index (χ3v) is 13.0. The molecule has 15 heteroatoms. The third kappa shape index (κ3) is 8.42. The number of fused-ring (bicyclic) bond motifs is 4. The molecule has 0 aliphatic heterocycles. The number of ketones is 4. The van der Waals surface area contributed by atoms with Crippen molar-refractivity contribution in [1.82, 2.24) is 0 Å². The first-order valence-electron chi connectivity index (χ1n) is 21.2. The van der Waals surface area contributed by atoms with Crippen LogP contribution in [0.15, 0.2) is 60.7 Å². The van der Waals surface area contributed by atoms with Crippen LogP contribution in [-0.2, 0) is 19.1 Å². The highest BCUT2D eigenvalue weighted by molar-refractivity contribution is 6.31. The number of esters is 2. The Morgan fingerprint density at radius 3 is 1.14 bits per heavy atom. The van der Waals surface area contributed by atoms with Gasteiger partial charge in [0.1, 0.15) is 35.2 Å². The number of hydrogen-bond acceptors (Lipinski definition) is 14. The van der Waals surface area contributed by atoms with Crippen molar-refractivity contribution >= 4 is 47.5 Å². The molecule has 2 saturated carbocycles. The molecule has 2 atom stereocenters. The molecule has 14 nitrogen and oxygen atoms in total. The van der Waals surface area contributed by atoms with Gasteiger partial charge in [0.05, 0.1) is 34.1 Å². The summed E-state index contributed by atoms with van der Waals surface area (Å²) in [5.41, 5.74) is 10.7. The Morgan fingerprint density at radius 1 is 0.524 bits per heavy atom. The normalized spacial score (nSPS) is 21.2. The Bertz CT molecular complexity index is 2350. The molecule has 0 saturated heterocycles. The molecule has 4 aliphatic carbocycles. The van der Waals surface area contributed by atoms with Crippen molar-refractivity contribution in [2.45, 2.75) is 101 Å². The molecule has 8 rings (SSSR count). The van der Waals surface area contributed by atoms with Gasteiger partial charge in [-0.25, -0.2) is 0 Å². The van der Waals surface area contributed by atoms with Crippen LogP contribution in [0.1, 0.15) is 164 Å². The van der Waals surface area contributed by atoms with Crippen LogP contribution in [0.3, 0.4) is 0 Å². The standard InChI is InChI=1S/C48H48N2O12.ClH/c49-25-17-13-23(14-18-25)47(59)61-35(31-21-33(51)37-39(45(31)57)43(55)29-9-3-1-7-27(29)41(37)53)11-5-6-12-36(62-48(60)24-15-19-26(50)20-16-24)32-22-34(52)38-40(46(32)58)44(56)30-10-4-2-8-28(30)42(38)54;/h1-4,7-10,21-26,35-36,51-52,57-58H,5-6,11-20,49-50H2;1H. The number of unbranched alkanes of at least 4 members (excludes halogenated alkanes) is 1. The number of carbonyl (C=O) groups excluding carboxylic acids is 6. The fourth-order valence-electron chi connectivity index (χ4n) is 9.44. The van der Waals surface area contributed by atoms with Gasteiger partial charge >= 0.3 is 11.9 Å². The monoisotopic (exact) mass is 880 g/mol. The first-order chi connectivity index (χ1) is 29.7. The number of carbonyl (C=O) groups is 6. The molecule has 4 aromatic rings. The van der Waals surface area contributed by atoms with Gasteiger partial charge in [0.15, 0.2) is 23.1 Å². The number of phenols is 4. The van der Waals surface area contributed by atoms with Gasteiger partial charge in [0.2, 0.25) is 0 Å². The largest absolute Gasteiger partial charge is 0.507 e. The molecule has 0 aromatic heterocycles. The summed E-state index contributed by atoms with van der Waals surface area (Å²) >= 11 is 0. The van der Waals surface area contributed by atoms with E-state index in [1.165, 1.54) is 24.3 Å². The van der Waals surface area contributed by atoms with Crippen molar-refractivity contribution in [1.29, 1.82) is 0 Å². The summed E-state index contributed by atoms with van der Waals surface area (Å²) < 4.78 is 12.2. The average Bonchev–Trinajstić information content (AvgIpc) is 3.27. The van der Waals surface area contributed by atoms with Crippen LogP contribution in [0.2, 0.25) is 0 Å². The molecule has 8 N–H and O–H groups in total. The highest BCUT2D eigenvalue weighted by Gasteiger charge is 2.40. The van der Waals surface area contributed by atoms with E-state index in [0.717, 1.165) is 12.1 Å². The second kappa shape index (κ2) is 18.3. The van der Waals surface area contributed by atoms with Crippen LogP contribution >= 0.6 is 12.4 Å². The number of hydrogen-bond donors (Lipinski definition) is 6. The Hall–Kier alpha value is -6.09. The Labute approximate surface area is 369 Å². The molecule has 0 radical (unpaired) electrons. The van der Waals surface area contributed by atoms with Gasteiger partial charge in [-0.2, -0.15) is 0 Å². The second-order valence-corrected chi connectivity index (χ2v) is 16.9. The van der Waals surface area contributed by atoms with Crippen LogP contribution in [0.25, 0.3) is 0 Å². The number of ether oxygens (including phenoxy) is 2. The minimum absolute atomic E-state index is 0. The van der Waals surface area contributed by atoms with Gasteiger partial charge in [-0.15, -0.1) is 12.4 Å². The van der Waals surface area contributed by atoms with Gasteiger partial charge in [-0.05, 0) is 89.2 Å². The van der Waals surface area contributed by atoms with E-state index in [1.54, 1.807) is 24.3 Å². The zero-order valence-electron chi connectivity index (χ0n) is 34.3. The predicted octanol–water partition coefficient (Wildman–Crippen LogP) is 6.95. The van der Waals surface area contributed by atoms with Crippen molar-refractivity contribution in [3.8, 4) is 23.0 Å². The SMILES string of the molecule is Cl.NC1CCC(C(=O)OC(CCCCC(OC(=O)C2CCC(N)CC2)c2cc(O)c3c(c2O)C(=O)c2ccccc2C3=O)c2cc(O)c3c(c2O)C(=O)c2ccccc2C3=O)CC1. The lowest BCUT2D eigenvalue weighted by Crippen LogP contribution is -2.31. The quantitative estimate of drug-likeness (QED) is 0.0438. The van der Waals surface area contributed by atoms with Crippen LogP contribution in [0, 0.1) is 11.8 Å². The number of halogens is 1. The molecule has 4 aliphatic rings. The Balaban J connectivity index is 0.00000595. The van der Waals surface area contributed by atoms with Crippen LogP contribution in [-0.4, -0.2) is 67.6 Å². The van der Waals surface area contributed by atoms with E-state index in [2.05, 4.69) is 0 Å². The minimum Gasteiger partial charge on any atom is -0.507 e. The average molecular weight is 881 g/mol. The van der Waals surface area contributed by atoms with E-state index in [4.69, 9.17) is 20.9 Å². The number of aromatic hydroxyl groups is 4. The fourth-order valence-corrected chi connectivity index (χ4v) is 9.44. The lowest BCUT2D eigenvalue weighted by molar-refractivity contribution is -0.157. The van der Waals surface area contributed by atoms with Gasteiger partial charge in [-0.1, -0.05) is 48.5 Å². The summed E-state index contributed by atoms with van der Waals surface area (Å²) in [6.07, 6.45) is 2.40. The molecule has 0 amide bonds. The summed E-state index contributed by atoms with van der Waals surface area (Å²) in [5.74, 6) is -7.10. The van der Waals surface area contributed by atoms with Gasteiger partial charge in [0.25, 0.3) is 0 Å². The maximum absolute atomic E-state index is 13.8. The first-order valence-corrected chi connectivity index (χ1v) is 21.2. The molecular formula is C48H49ClN2O12. The molecule has 0 bridgehead atoms. The molecule has 4 aromatic carbocycles. The maximum Gasteiger partial charge on any atom is 0.309 e. The van der Waals surface area contributed by atoms with Gasteiger partial charge in [-0.3, -0.25) is 28.8 Å². The molecular weight excluding hydrogens is 832 g/mol. The van der Waals surface area contributed by atoms with Crippen molar-refractivity contribution in [2.24, 2.45) is 23.3 Å². The smallest absolute Gasteiger partial charge is 0.309 e. The molecule has 0 heterocycles. The van der Waals surface area contributed by atoms with E-state index in [0.29, 0.717) is 51.4 Å².